The Balaban J connectivity index is 2.15. The van der Waals surface area contributed by atoms with E-state index in [-0.39, 0.29) is 0 Å². The number of hydrogen-bond acceptors (Lipinski definition) is 6. The van der Waals surface area contributed by atoms with Crippen LogP contribution < -0.4 is 5.32 Å². The van der Waals surface area contributed by atoms with Gasteiger partial charge in [0.05, 0.1) is 6.61 Å². The smallest absolute Gasteiger partial charge is 0.157 e. The van der Waals surface area contributed by atoms with Gasteiger partial charge < -0.3 is 30.5 Å². The Kier molecular flexibility index (Phi) is 5.09. The highest BCUT2D eigenvalue weighted by molar-refractivity contribution is 6.35. The van der Waals surface area contributed by atoms with Crippen LogP contribution in [0.5, 0.6) is 0 Å². The van der Waals surface area contributed by atoms with Gasteiger partial charge in [-0.25, -0.2) is 0 Å². The maximum atomic E-state index is 9.88. The molecule has 1 aromatic rings. The molecule has 1 aliphatic heterocycles. The molecule has 1 heterocycles. The van der Waals surface area contributed by atoms with Crippen LogP contribution in [0.2, 0.25) is 10.0 Å². The lowest BCUT2D eigenvalue weighted by molar-refractivity contribution is -0.221. The van der Waals surface area contributed by atoms with E-state index in [1.165, 1.54) is 0 Å². The Bertz CT molecular complexity index is 453. The minimum absolute atomic E-state index is 0.393. The summed E-state index contributed by atoms with van der Waals surface area (Å²) in [5.74, 6) is 0. The number of aliphatic hydroxyl groups is 4. The molecule has 0 aromatic heterocycles. The molecule has 1 saturated heterocycles. The molecule has 1 aromatic carbocycles. The predicted octanol–water partition coefficient (Wildman–Crippen LogP) is 0.205. The summed E-state index contributed by atoms with van der Waals surface area (Å²) in [7, 11) is 0. The number of nitrogens with one attached hydrogen (secondary N) is 1. The van der Waals surface area contributed by atoms with Crippen LogP contribution in [0.15, 0.2) is 18.2 Å². The highest BCUT2D eigenvalue weighted by Crippen LogP contribution is 2.26. The van der Waals surface area contributed by atoms with Gasteiger partial charge in [0.1, 0.15) is 24.4 Å². The molecule has 0 radical (unpaired) electrons. The summed E-state index contributed by atoms with van der Waals surface area (Å²) in [5.41, 5.74) is 0.479. The summed E-state index contributed by atoms with van der Waals surface area (Å²) >= 11 is 11.7. The summed E-state index contributed by atoms with van der Waals surface area (Å²) in [6.45, 7) is -0.487. The standard InChI is InChI=1S/C12H15Cl2NO5/c13-5-1-6(14)3-7(2-5)15-12-11(19)10(18)9(17)8(4-16)20-12/h1-3,8-12,15-19H,4H2/t8-,9-,10+,11-,12?/m1/s1. The lowest BCUT2D eigenvalue weighted by atomic mass is 9.98. The van der Waals surface area contributed by atoms with Gasteiger partial charge in [0.25, 0.3) is 0 Å². The van der Waals surface area contributed by atoms with Crippen LogP contribution in [0.4, 0.5) is 5.69 Å². The van der Waals surface area contributed by atoms with Gasteiger partial charge >= 0.3 is 0 Å². The zero-order valence-corrected chi connectivity index (χ0v) is 11.8. The van der Waals surface area contributed by atoms with Gasteiger partial charge in [-0.2, -0.15) is 0 Å². The van der Waals surface area contributed by atoms with Crippen molar-refractivity contribution in [2.75, 3.05) is 11.9 Å². The quantitative estimate of drug-likeness (QED) is 0.545. The summed E-state index contributed by atoms with van der Waals surface area (Å²) in [6, 6.07) is 4.67. The highest BCUT2D eigenvalue weighted by atomic mass is 35.5. The van der Waals surface area contributed by atoms with Crippen molar-refractivity contribution in [2.45, 2.75) is 30.6 Å². The molecule has 1 aliphatic rings. The van der Waals surface area contributed by atoms with Gasteiger partial charge in [0, 0.05) is 15.7 Å². The van der Waals surface area contributed by atoms with Gasteiger partial charge in [-0.3, -0.25) is 0 Å². The van der Waals surface area contributed by atoms with Crippen molar-refractivity contribution in [2.24, 2.45) is 0 Å². The third kappa shape index (κ3) is 3.35. The van der Waals surface area contributed by atoms with Crippen LogP contribution in [0, 0.1) is 0 Å². The van der Waals surface area contributed by atoms with Crippen LogP contribution in [0.1, 0.15) is 0 Å². The fourth-order valence-electron chi connectivity index (χ4n) is 2.02. The zero-order chi connectivity index (χ0) is 14.9. The normalized spacial score (nSPS) is 34.0. The van der Waals surface area contributed by atoms with E-state index in [9.17, 15) is 15.3 Å². The number of halogens is 2. The lowest BCUT2D eigenvalue weighted by Crippen LogP contribution is -2.60. The number of ether oxygens (including phenoxy) is 1. The molecule has 5 N–H and O–H groups in total. The van der Waals surface area contributed by atoms with E-state index in [1.807, 2.05) is 0 Å². The molecule has 0 saturated carbocycles. The lowest BCUT2D eigenvalue weighted by Gasteiger charge is -2.40. The first-order valence-corrected chi connectivity index (χ1v) is 6.71. The van der Waals surface area contributed by atoms with Gasteiger partial charge in [0.2, 0.25) is 0 Å². The average molecular weight is 324 g/mol. The summed E-state index contributed by atoms with van der Waals surface area (Å²) in [4.78, 5) is 0. The molecule has 112 valence electrons. The minimum atomic E-state index is -1.44. The molecular weight excluding hydrogens is 309 g/mol. The van der Waals surface area contributed by atoms with Crippen molar-refractivity contribution in [1.82, 2.24) is 0 Å². The first-order valence-electron chi connectivity index (χ1n) is 5.95. The highest BCUT2D eigenvalue weighted by Gasteiger charge is 2.43. The maximum absolute atomic E-state index is 9.88. The monoisotopic (exact) mass is 323 g/mol. The predicted molar refractivity (Wildman–Crippen MR) is 73.9 cm³/mol. The van der Waals surface area contributed by atoms with E-state index in [1.54, 1.807) is 18.2 Å². The van der Waals surface area contributed by atoms with Crippen molar-refractivity contribution in [3.05, 3.63) is 28.2 Å². The topological polar surface area (TPSA) is 102 Å². The van der Waals surface area contributed by atoms with Crippen LogP contribution >= 0.6 is 23.2 Å². The van der Waals surface area contributed by atoms with Crippen molar-refractivity contribution in [3.63, 3.8) is 0 Å². The largest absolute Gasteiger partial charge is 0.394 e. The molecule has 0 aliphatic carbocycles. The van der Waals surface area contributed by atoms with Crippen molar-refractivity contribution in [3.8, 4) is 0 Å². The first kappa shape index (κ1) is 15.8. The van der Waals surface area contributed by atoms with Crippen molar-refractivity contribution >= 4 is 28.9 Å². The van der Waals surface area contributed by atoms with Crippen LogP contribution in [-0.2, 0) is 4.74 Å². The van der Waals surface area contributed by atoms with Gasteiger partial charge in [0.15, 0.2) is 6.23 Å². The molecule has 0 amide bonds. The Morgan fingerprint density at radius 3 is 2.15 bits per heavy atom. The van der Waals surface area contributed by atoms with Crippen LogP contribution in [0.25, 0.3) is 0 Å². The minimum Gasteiger partial charge on any atom is -0.394 e. The fraction of sp³-hybridized carbons (Fsp3) is 0.500. The Hall–Kier alpha value is -0.600. The molecule has 0 spiro atoms. The number of hydrogen-bond donors (Lipinski definition) is 5. The average Bonchev–Trinajstić information content (AvgIpc) is 2.38. The second kappa shape index (κ2) is 6.44. The second-order valence-corrected chi connectivity index (χ2v) is 5.42. The summed E-state index contributed by atoms with van der Waals surface area (Å²) < 4.78 is 5.31. The van der Waals surface area contributed by atoms with Crippen LogP contribution in [0.3, 0.4) is 0 Å². The van der Waals surface area contributed by atoms with E-state index in [2.05, 4.69) is 5.32 Å². The van der Waals surface area contributed by atoms with Crippen molar-refractivity contribution in [1.29, 1.82) is 0 Å². The number of aliphatic hydroxyl groups excluding tert-OH is 4. The number of rotatable bonds is 3. The van der Waals surface area contributed by atoms with Gasteiger partial charge in [-0.05, 0) is 18.2 Å². The molecule has 8 heteroatoms. The molecule has 6 nitrogen and oxygen atoms in total. The molecule has 2 rings (SSSR count). The third-order valence-corrected chi connectivity index (χ3v) is 3.50. The molecule has 1 unspecified atom stereocenters. The van der Waals surface area contributed by atoms with Crippen molar-refractivity contribution < 1.29 is 25.2 Å². The Morgan fingerprint density at radius 1 is 1.00 bits per heavy atom. The summed E-state index contributed by atoms with van der Waals surface area (Å²) in [6.07, 6.45) is -6.18. The number of benzene rings is 1. The fourth-order valence-corrected chi connectivity index (χ4v) is 2.55. The maximum Gasteiger partial charge on any atom is 0.157 e. The first-order chi connectivity index (χ1) is 9.42. The Morgan fingerprint density at radius 2 is 1.60 bits per heavy atom. The SMILES string of the molecule is OC[C@H]1OC(Nc2cc(Cl)cc(Cl)c2)[C@H](O)[C@@H](O)[C@@H]1O. The molecular formula is C12H15Cl2NO5. The second-order valence-electron chi connectivity index (χ2n) is 4.55. The van der Waals surface area contributed by atoms with Gasteiger partial charge in [-0.1, -0.05) is 23.2 Å². The number of anilines is 1. The molecule has 20 heavy (non-hydrogen) atoms. The van der Waals surface area contributed by atoms with E-state index in [0.29, 0.717) is 15.7 Å². The molecule has 1 fully saturated rings. The van der Waals surface area contributed by atoms with E-state index in [0.717, 1.165) is 0 Å². The third-order valence-electron chi connectivity index (χ3n) is 3.06. The van der Waals surface area contributed by atoms with Crippen LogP contribution in [-0.4, -0.2) is 57.7 Å². The molecule has 0 bridgehead atoms. The van der Waals surface area contributed by atoms with Gasteiger partial charge in [-0.15, -0.1) is 0 Å². The van der Waals surface area contributed by atoms with E-state index < -0.39 is 37.3 Å². The molecule has 5 atom stereocenters. The Labute approximate surface area is 125 Å². The summed E-state index contributed by atoms with van der Waals surface area (Å²) in [5, 5.41) is 41.9. The van der Waals surface area contributed by atoms with E-state index >= 15 is 0 Å². The van der Waals surface area contributed by atoms with E-state index in [4.69, 9.17) is 33.0 Å². The zero-order valence-electron chi connectivity index (χ0n) is 10.3.